The van der Waals surface area contributed by atoms with Gasteiger partial charge in [0, 0.05) is 17.6 Å². The van der Waals surface area contributed by atoms with Crippen LogP contribution in [0.2, 0.25) is 5.02 Å². The Kier molecular flexibility index (Phi) is 4.11. The van der Waals surface area contributed by atoms with E-state index in [9.17, 15) is 5.11 Å². The minimum Gasteiger partial charge on any atom is -0.393 e. The molecule has 0 bridgehead atoms. The van der Waals surface area contributed by atoms with Crippen LogP contribution in [-0.4, -0.2) is 17.8 Å². The van der Waals surface area contributed by atoms with E-state index in [0.717, 1.165) is 30.3 Å². The molecule has 3 rings (SSSR count). The normalized spacial score (nSPS) is 28.5. The molecule has 2 fully saturated rings. The monoisotopic (exact) mass is 279 g/mol. The second-order valence-corrected chi connectivity index (χ2v) is 6.47. The molecule has 2 aliphatic rings. The largest absolute Gasteiger partial charge is 0.393 e. The van der Waals surface area contributed by atoms with E-state index < -0.39 is 0 Å². The first kappa shape index (κ1) is 13.4. The molecule has 0 aromatic heterocycles. The lowest BCUT2D eigenvalue weighted by Gasteiger charge is -2.23. The van der Waals surface area contributed by atoms with Gasteiger partial charge in [0.15, 0.2) is 0 Å². The van der Waals surface area contributed by atoms with Gasteiger partial charge in [0.2, 0.25) is 0 Å². The topological polar surface area (TPSA) is 32.3 Å². The summed E-state index contributed by atoms with van der Waals surface area (Å²) in [6.45, 7) is 0.935. The average Bonchev–Trinajstić information content (AvgIpc) is 3.16. The molecule has 2 aliphatic carbocycles. The highest BCUT2D eigenvalue weighted by molar-refractivity contribution is 6.30. The van der Waals surface area contributed by atoms with Crippen LogP contribution in [-0.2, 0) is 0 Å². The Morgan fingerprint density at radius 3 is 2.47 bits per heavy atom. The fourth-order valence-corrected chi connectivity index (χ4v) is 3.32. The van der Waals surface area contributed by atoms with Gasteiger partial charge in [-0.25, -0.2) is 0 Å². The molecule has 0 heterocycles. The lowest BCUT2D eigenvalue weighted by molar-refractivity contribution is 0.129. The van der Waals surface area contributed by atoms with Crippen molar-refractivity contribution in [2.45, 2.75) is 44.2 Å². The van der Waals surface area contributed by atoms with Crippen molar-refractivity contribution in [2.24, 2.45) is 11.8 Å². The van der Waals surface area contributed by atoms with Gasteiger partial charge in [-0.1, -0.05) is 30.2 Å². The molecule has 2 nitrogen and oxygen atoms in total. The molecule has 3 heteroatoms. The van der Waals surface area contributed by atoms with Gasteiger partial charge in [-0.05, 0) is 55.2 Å². The first-order valence-electron chi connectivity index (χ1n) is 7.41. The molecule has 0 spiro atoms. The van der Waals surface area contributed by atoms with Gasteiger partial charge in [-0.2, -0.15) is 0 Å². The zero-order valence-corrected chi connectivity index (χ0v) is 11.9. The fourth-order valence-electron chi connectivity index (χ4n) is 3.19. The summed E-state index contributed by atoms with van der Waals surface area (Å²) in [5, 5.41) is 14.4. The molecule has 19 heavy (non-hydrogen) atoms. The predicted molar refractivity (Wildman–Crippen MR) is 78.3 cm³/mol. The van der Waals surface area contributed by atoms with Crippen molar-refractivity contribution in [3.8, 4) is 0 Å². The maximum Gasteiger partial charge on any atom is 0.0580 e. The van der Waals surface area contributed by atoms with E-state index in [1.54, 1.807) is 0 Å². The van der Waals surface area contributed by atoms with Gasteiger partial charge in [0.1, 0.15) is 0 Å². The van der Waals surface area contributed by atoms with Crippen LogP contribution in [0.5, 0.6) is 0 Å². The van der Waals surface area contributed by atoms with E-state index in [4.69, 9.17) is 11.6 Å². The molecule has 1 aromatic carbocycles. The Hall–Kier alpha value is -0.570. The van der Waals surface area contributed by atoms with Gasteiger partial charge >= 0.3 is 0 Å². The average molecular weight is 280 g/mol. The Morgan fingerprint density at radius 2 is 1.89 bits per heavy atom. The van der Waals surface area contributed by atoms with Crippen molar-refractivity contribution in [1.29, 1.82) is 0 Å². The molecule has 0 amide bonds. The predicted octanol–water partition coefficient (Wildman–Crippen LogP) is 3.54. The zero-order chi connectivity index (χ0) is 13.2. The third-order valence-corrected chi connectivity index (χ3v) is 4.79. The van der Waals surface area contributed by atoms with Gasteiger partial charge in [-0.15, -0.1) is 0 Å². The molecule has 3 atom stereocenters. The van der Waals surface area contributed by atoms with Crippen molar-refractivity contribution in [1.82, 2.24) is 5.32 Å². The first-order chi connectivity index (χ1) is 9.24. The number of hydrogen-bond acceptors (Lipinski definition) is 2. The number of nitrogens with one attached hydrogen (secondary N) is 1. The molecule has 0 radical (unpaired) electrons. The molecular formula is C16H22ClNO. The van der Waals surface area contributed by atoms with Crippen molar-refractivity contribution in [3.63, 3.8) is 0 Å². The van der Waals surface area contributed by atoms with Crippen molar-refractivity contribution in [3.05, 3.63) is 34.9 Å². The molecule has 3 unspecified atom stereocenters. The number of benzene rings is 1. The van der Waals surface area contributed by atoms with Crippen LogP contribution in [0.1, 0.15) is 43.7 Å². The summed E-state index contributed by atoms with van der Waals surface area (Å²) >= 11 is 5.96. The highest BCUT2D eigenvalue weighted by Crippen LogP contribution is 2.41. The lowest BCUT2D eigenvalue weighted by atomic mass is 10.00. The highest BCUT2D eigenvalue weighted by atomic mass is 35.5. The third kappa shape index (κ3) is 3.31. The Bertz CT molecular complexity index is 415. The quantitative estimate of drug-likeness (QED) is 0.864. The van der Waals surface area contributed by atoms with Crippen molar-refractivity contribution in [2.75, 3.05) is 6.54 Å². The van der Waals surface area contributed by atoms with Crippen LogP contribution in [0.4, 0.5) is 0 Å². The van der Waals surface area contributed by atoms with Crippen molar-refractivity contribution >= 4 is 11.6 Å². The maximum absolute atomic E-state index is 9.91. The molecule has 0 aliphatic heterocycles. The number of halogens is 1. The van der Waals surface area contributed by atoms with Crippen LogP contribution < -0.4 is 5.32 Å². The van der Waals surface area contributed by atoms with Gasteiger partial charge < -0.3 is 10.4 Å². The van der Waals surface area contributed by atoms with E-state index in [1.807, 2.05) is 12.1 Å². The Morgan fingerprint density at radius 1 is 1.16 bits per heavy atom. The summed E-state index contributed by atoms with van der Waals surface area (Å²) in [6.07, 6.45) is 5.83. The number of aliphatic hydroxyl groups is 1. The third-order valence-electron chi connectivity index (χ3n) is 4.54. The minimum atomic E-state index is -0.0995. The van der Waals surface area contributed by atoms with Crippen molar-refractivity contribution < 1.29 is 5.11 Å². The maximum atomic E-state index is 9.91. The van der Waals surface area contributed by atoms with E-state index in [0.29, 0.717) is 12.0 Å². The molecule has 104 valence electrons. The van der Waals surface area contributed by atoms with Gasteiger partial charge in [-0.3, -0.25) is 0 Å². The number of aliphatic hydroxyl groups excluding tert-OH is 1. The Balaban J connectivity index is 1.63. The second kappa shape index (κ2) is 5.82. The summed E-state index contributed by atoms with van der Waals surface area (Å²) in [4.78, 5) is 0. The summed E-state index contributed by atoms with van der Waals surface area (Å²) < 4.78 is 0. The minimum absolute atomic E-state index is 0.0995. The number of hydrogen-bond donors (Lipinski definition) is 2. The van der Waals surface area contributed by atoms with E-state index in [-0.39, 0.29) is 6.10 Å². The smallest absolute Gasteiger partial charge is 0.0580 e. The summed E-state index contributed by atoms with van der Waals surface area (Å²) in [7, 11) is 0. The molecular weight excluding hydrogens is 258 g/mol. The molecule has 0 saturated heterocycles. The van der Waals surface area contributed by atoms with Crippen LogP contribution in [0, 0.1) is 11.8 Å². The van der Waals surface area contributed by atoms with E-state index in [1.165, 1.54) is 24.8 Å². The highest BCUT2D eigenvalue weighted by Gasteiger charge is 2.33. The lowest BCUT2D eigenvalue weighted by Crippen LogP contribution is -2.31. The zero-order valence-electron chi connectivity index (χ0n) is 11.2. The van der Waals surface area contributed by atoms with Crippen LogP contribution in [0.25, 0.3) is 0 Å². The van der Waals surface area contributed by atoms with Crippen LogP contribution in [0.3, 0.4) is 0 Å². The molecule has 2 saturated carbocycles. The van der Waals surface area contributed by atoms with Crippen LogP contribution in [0.15, 0.2) is 24.3 Å². The molecule has 2 N–H and O–H groups in total. The SMILES string of the molecule is OC1CCCC1CNC(c1ccc(Cl)cc1)C1CC1. The van der Waals surface area contributed by atoms with Gasteiger partial charge in [0.25, 0.3) is 0 Å². The summed E-state index contributed by atoms with van der Waals surface area (Å²) in [6, 6.07) is 8.63. The first-order valence-corrected chi connectivity index (χ1v) is 7.79. The van der Waals surface area contributed by atoms with E-state index in [2.05, 4.69) is 17.4 Å². The van der Waals surface area contributed by atoms with Crippen LogP contribution >= 0.6 is 11.6 Å². The molecule has 1 aromatic rings. The number of rotatable bonds is 5. The fraction of sp³-hybridized carbons (Fsp3) is 0.625. The van der Waals surface area contributed by atoms with Gasteiger partial charge in [0.05, 0.1) is 6.10 Å². The second-order valence-electron chi connectivity index (χ2n) is 6.03. The Labute approximate surface area is 120 Å². The van der Waals surface area contributed by atoms with E-state index >= 15 is 0 Å². The summed E-state index contributed by atoms with van der Waals surface area (Å²) in [5.74, 6) is 1.20. The summed E-state index contributed by atoms with van der Waals surface area (Å²) in [5.41, 5.74) is 1.33. The standard InChI is InChI=1S/C16H22ClNO/c17-14-8-6-12(7-9-14)16(11-4-5-11)18-10-13-2-1-3-15(13)19/h6-9,11,13,15-16,18-19H,1-5,10H2.